The largest absolute Gasteiger partial charge is 0.339 e. The van der Waals surface area contributed by atoms with Gasteiger partial charge in [0.2, 0.25) is 0 Å². The fourth-order valence-electron chi connectivity index (χ4n) is 3.31. The average Bonchev–Trinajstić information content (AvgIpc) is 3.04. The molecule has 2 heterocycles. The lowest BCUT2D eigenvalue weighted by molar-refractivity contribution is -0.917. The van der Waals surface area contributed by atoms with Gasteiger partial charge < -0.3 is 9.80 Å². The number of rotatable bonds is 3. The number of nitrogens with zero attached hydrogens (tertiary/aromatic N) is 2. The molecule has 2 aliphatic rings. The van der Waals surface area contributed by atoms with Crippen LogP contribution >= 0.6 is 11.8 Å². The summed E-state index contributed by atoms with van der Waals surface area (Å²) < 4.78 is 0. The Morgan fingerprint density at radius 1 is 1.00 bits per heavy atom. The van der Waals surface area contributed by atoms with Gasteiger partial charge in [0.25, 0.3) is 5.91 Å². The maximum Gasteiger partial charge on any atom is 0.286 e. The molecule has 4 nitrogen and oxygen atoms in total. The minimum Gasteiger partial charge on any atom is -0.339 e. The van der Waals surface area contributed by atoms with E-state index >= 15 is 0 Å². The standard InChI is InChI=1S/C21H21N3OS/c25-20-19(15-17-7-3-1-4-8-17)26-21(22-20)24-13-11-23(12-14-24)16-18-9-5-2-6-10-18/h1-10,15H,11-14,16H2/p+1/b19-15-. The van der Waals surface area contributed by atoms with E-state index in [1.165, 1.54) is 17.3 Å². The van der Waals surface area contributed by atoms with Crippen molar-refractivity contribution in [2.45, 2.75) is 6.54 Å². The van der Waals surface area contributed by atoms with E-state index in [2.05, 4.69) is 40.2 Å². The van der Waals surface area contributed by atoms with Gasteiger partial charge in [-0.2, -0.15) is 4.99 Å². The zero-order valence-corrected chi connectivity index (χ0v) is 15.4. The maximum atomic E-state index is 12.2. The van der Waals surface area contributed by atoms with Crippen LogP contribution in [0.4, 0.5) is 0 Å². The van der Waals surface area contributed by atoms with E-state index in [9.17, 15) is 4.79 Å². The lowest BCUT2D eigenvalue weighted by atomic mass is 10.2. The average molecular weight is 364 g/mol. The zero-order valence-electron chi connectivity index (χ0n) is 14.6. The van der Waals surface area contributed by atoms with Gasteiger partial charge in [0.05, 0.1) is 31.1 Å². The van der Waals surface area contributed by atoms with E-state index in [0.717, 1.165) is 43.5 Å². The van der Waals surface area contributed by atoms with Crippen molar-refractivity contribution in [3.05, 3.63) is 76.7 Å². The number of hydrogen-bond donors (Lipinski definition) is 1. The second-order valence-electron chi connectivity index (χ2n) is 6.62. The summed E-state index contributed by atoms with van der Waals surface area (Å²) in [5.41, 5.74) is 2.42. The summed E-state index contributed by atoms with van der Waals surface area (Å²) in [7, 11) is 0. The Balaban J connectivity index is 1.34. The minimum atomic E-state index is -0.118. The molecule has 1 saturated heterocycles. The Kier molecular flexibility index (Phi) is 5.18. The predicted octanol–water partition coefficient (Wildman–Crippen LogP) is 2.06. The molecule has 0 aliphatic carbocycles. The normalized spacial score (nSPS) is 19.8. The lowest BCUT2D eigenvalue weighted by Crippen LogP contribution is -3.13. The molecule has 0 atom stereocenters. The summed E-state index contributed by atoms with van der Waals surface area (Å²) in [6.45, 7) is 5.09. The third-order valence-electron chi connectivity index (χ3n) is 4.74. The van der Waals surface area contributed by atoms with Crippen molar-refractivity contribution in [3.8, 4) is 0 Å². The van der Waals surface area contributed by atoms with E-state index in [-0.39, 0.29) is 5.91 Å². The van der Waals surface area contributed by atoms with Crippen LogP contribution in [0.1, 0.15) is 11.1 Å². The van der Waals surface area contributed by atoms with Gasteiger partial charge in [0.15, 0.2) is 5.17 Å². The van der Waals surface area contributed by atoms with Gasteiger partial charge in [-0.1, -0.05) is 60.7 Å². The van der Waals surface area contributed by atoms with Gasteiger partial charge in [0, 0.05) is 5.56 Å². The second-order valence-corrected chi connectivity index (χ2v) is 7.63. The third-order valence-corrected chi connectivity index (χ3v) is 5.79. The molecule has 2 aliphatic heterocycles. The molecule has 0 radical (unpaired) electrons. The highest BCUT2D eigenvalue weighted by Gasteiger charge is 2.29. The van der Waals surface area contributed by atoms with Crippen LogP contribution < -0.4 is 4.90 Å². The Bertz CT molecular complexity index is 825. The van der Waals surface area contributed by atoms with Crippen LogP contribution in [-0.2, 0) is 11.3 Å². The first-order valence-corrected chi connectivity index (χ1v) is 9.80. The first-order chi connectivity index (χ1) is 12.8. The van der Waals surface area contributed by atoms with E-state index in [0.29, 0.717) is 4.91 Å². The fourth-order valence-corrected chi connectivity index (χ4v) is 4.27. The molecule has 0 saturated carbocycles. The molecule has 132 valence electrons. The summed E-state index contributed by atoms with van der Waals surface area (Å²) in [4.78, 5) is 21.1. The molecule has 0 aromatic heterocycles. The zero-order chi connectivity index (χ0) is 17.8. The molecular weight excluding hydrogens is 342 g/mol. The highest BCUT2D eigenvalue weighted by atomic mass is 32.2. The van der Waals surface area contributed by atoms with Gasteiger partial charge in [-0.3, -0.25) is 4.79 Å². The van der Waals surface area contributed by atoms with Gasteiger partial charge >= 0.3 is 0 Å². The van der Waals surface area contributed by atoms with Crippen molar-refractivity contribution in [1.29, 1.82) is 0 Å². The Morgan fingerprint density at radius 2 is 1.65 bits per heavy atom. The van der Waals surface area contributed by atoms with Crippen LogP contribution in [0.5, 0.6) is 0 Å². The molecule has 0 bridgehead atoms. The molecule has 2 aromatic rings. The predicted molar refractivity (Wildman–Crippen MR) is 107 cm³/mol. The van der Waals surface area contributed by atoms with Crippen LogP contribution in [0.25, 0.3) is 6.08 Å². The van der Waals surface area contributed by atoms with E-state index in [1.54, 1.807) is 4.90 Å². The first kappa shape index (κ1) is 17.1. The number of thioether (sulfide) groups is 1. The monoisotopic (exact) mass is 364 g/mol. The molecule has 0 unspecified atom stereocenters. The number of amides is 1. The molecule has 1 fully saturated rings. The molecule has 1 amide bonds. The molecule has 5 heteroatoms. The number of quaternary nitrogens is 1. The highest BCUT2D eigenvalue weighted by molar-refractivity contribution is 8.18. The molecule has 0 spiro atoms. The van der Waals surface area contributed by atoms with Crippen molar-refractivity contribution in [1.82, 2.24) is 4.90 Å². The van der Waals surface area contributed by atoms with E-state index < -0.39 is 0 Å². The summed E-state index contributed by atoms with van der Waals surface area (Å²) in [6.07, 6.45) is 1.93. The van der Waals surface area contributed by atoms with E-state index in [1.807, 2.05) is 36.4 Å². The summed E-state index contributed by atoms with van der Waals surface area (Å²) in [6, 6.07) is 20.6. The van der Waals surface area contributed by atoms with Crippen molar-refractivity contribution in [2.75, 3.05) is 26.2 Å². The number of amidine groups is 1. The fraction of sp³-hybridized carbons (Fsp3) is 0.238. The number of carbonyl (C=O) groups excluding carboxylic acids is 1. The van der Waals surface area contributed by atoms with Crippen LogP contribution in [0, 0.1) is 0 Å². The Labute approximate surface area is 158 Å². The van der Waals surface area contributed by atoms with Crippen LogP contribution in [0.3, 0.4) is 0 Å². The number of benzene rings is 2. The quantitative estimate of drug-likeness (QED) is 0.847. The smallest absolute Gasteiger partial charge is 0.286 e. The number of hydrogen-bond acceptors (Lipinski definition) is 3. The van der Waals surface area contributed by atoms with Crippen molar-refractivity contribution < 1.29 is 9.69 Å². The summed E-state index contributed by atoms with van der Waals surface area (Å²) in [5.74, 6) is -0.118. The van der Waals surface area contributed by atoms with Gasteiger partial charge in [0.1, 0.15) is 6.54 Å². The SMILES string of the molecule is O=C1N=C(N2CC[NH+](Cc3ccccc3)CC2)S/C1=C\c1ccccc1. The lowest BCUT2D eigenvalue weighted by Gasteiger charge is -2.32. The van der Waals surface area contributed by atoms with Crippen molar-refractivity contribution >= 4 is 28.9 Å². The van der Waals surface area contributed by atoms with Crippen LogP contribution in [0.15, 0.2) is 70.6 Å². The van der Waals surface area contributed by atoms with Crippen molar-refractivity contribution in [2.24, 2.45) is 4.99 Å². The Hall–Kier alpha value is -2.37. The third kappa shape index (κ3) is 4.06. The number of piperazine rings is 1. The van der Waals surface area contributed by atoms with Crippen LogP contribution in [0.2, 0.25) is 0 Å². The maximum absolute atomic E-state index is 12.2. The van der Waals surface area contributed by atoms with Crippen molar-refractivity contribution in [3.63, 3.8) is 0 Å². The number of aliphatic imine (C=N–C) groups is 1. The molecular formula is C21H22N3OS+. The Morgan fingerprint density at radius 3 is 2.35 bits per heavy atom. The van der Waals surface area contributed by atoms with Gasteiger partial charge in [-0.05, 0) is 23.4 Å². The summed E-state index contributed by atoms with van der Waals surface area (Å²) in [5, 5.41) is 0.857. The molecule has 2 aromatic carbocycles. The number of nitrogens with one attached hydrogen (secondary N) is 1. The molecule has 4 rings (SSSR count). The molecule has 26 heavy (non-hydrogen) atoms. The van der Waals surface area contributed by atoms with Gasteiger partial charge in [-0.25, -0.2) is 0 Å². The first-order valence-electron chi connectivity index (χ1n) is 8.98. The minimum absolute atomic E-state index is 0.118. The second kappa shape index (κ2) is 7.89. The highest BCUT2D eigenvalue weighted by Crippen LogP contribution is 2.30. The van der Waals surface area contributed by atoms with E-state index in [4.69, 9.17) is 0 Å². The molecule has 1 N–H and O–H groups in total. The number of carbonyl (C=O) groups is 1. The van der Waals surface area contributed by atoms with Crippen LogP contribution in [-0.4, -0.2) is 42.2 Å². The topological polar surface area (TPSA) is 37.1 Å². The van der Waals surface area contributed by atoms with Gasteiger partial charge in [-0.15, -0.1) is 0 Å². The summed E-state index contributed by atoms with van der Waals surface area (Å²) >= 11 is 1.50.